The number of hydrogen-bond donors (Lipinski definition) is 0. The molecule has 0 saturated carbocycles. The molecule has 0 amide bonds. The fourth-order valence-corrected chi connectivity index (χ4v) is 2.39. The molecule has 134 valence electrons. The van der Waals surface area contributed by atoms with Gasteiger partial charge in [0.2, 0.25) is 0 Å². The summed E-state index contributed by atoms with van der Waals surface area (Å²) in [5.41, 5.74) is 2.79. The minimum Gasteiger partial charge on any atom is -0.497 e. The largest absolute Gasteiger partial charge is 0.497 e. The Bertz CT molecular complexity index is 795. The van der Waals surface area contributed by atoms with Gasteiger partial charge in [-0.1, -0.05) is 24.3 Å². The topological polar surface area (TPSA) is 40.5 Å². The minimum absolute atomic E-state index is 0.0739. The summed E-state index contributed by atoms with van der Waals surface area (Å²) in [4.78, 5) is 11.8. The second-order valence-corrected chi connectivity index (χ2v) is 5.48. The zero-order valence-corrected chi connectivity index (χ0v) is 15.9. The van der Waals surface area contributed by atoms with Crippen LogP contribution in [-0.4, -0.2) is 31.7 Å². The molecule has 0 spiro atoms. The van der Waals surface area contributed by atoms with Crippen LogP contribution in [0.25, 0.3) is 16.6 Å². The van der Waals surface area contributed by atoms with E-state index in [4.69, 9.17) is 4.74 Å². The molecule has 0 aliphatic carbocycles. The summed E-state index contributed by atoms with van der Waals surface area (Å²) in [6.07, 6.45) is 9.62. The number of allylic oxidation sites excluding steroid dienone is 5. The van der Waals surface area contributed by atoms with Gasteiger partial charge in [-0.2, -0.15) is 0 Å². The van der Waals surface area contributed by atoms with Crippen LogP contribution in [0.5, 0.6) is 0 Å². The van der Waals surface area contributed by atoms with Crippen molar-refractivity contribution in [3.05, 3.63) is 66.1 Å². The van der Waals surface area contributed by atoms with E-state index in [1.54, 1.807) is 28.3 Å². The molecule has 4 heteroatoms. The number of carbonyl (C=O) groups excluding carboxylic acids is 1. The summed E-state index contributed by atoms with van der Waals surface area (Å²) in [7, 11) is 4.90. The maximum Gasteiger partial charge on any atom is 0.161 e. The smallest absolute Gasteiger partial charge is 0.161 e. The molecule has 0 fully saturated rings. The molecule has 0 N–H and O–H groups in total. The molecule has 2 rings (SSSR count). The maximum atomic E-state index is 11.8. The lowest BCUT2D eigenvalue weighted by Gasteiger charge is -2.05. The van der Waals surface area contributed by atoms with Gasteiger partial charge in [-0.15, -0.1) is 0 Å². The SMILES string of the molecule is COC.C\C=C/C(=C\C=C(/C)n1cc(C(C)=O)c2ccccc21)OC. The molecule has 0 aliphatic rings. The lowest BCUT2D eigenvalue weighted by molar-refractivity contribution is 0.101. The number of hydrogen-bond acceptors (Lipinski definition) is 3. The Hall–Kier alpha value is -2.59. The third kappa shape index (κ3) is 5.47. The number of para-hydroxylation sites is 1. The van der Waals surface area contributed by atoms with Crippen LogP contribution in [-0.2, 0) is 9.47 Å². The molecule has 1 heterocycles. The van der Waals surface area contributed by atoms with Crippen molar-refractivity contribution in [2.45, 2.75) is 20.8 Å². The highest BCUT2D eigenvalue weighted by Crippen LogP contribution is 2.24. The Labute approximate surface area is 150 Å². The first-order valence-electron chi connectivity index (χ1n) is 8.06. The van der Waals surface area contributed by atoms with Crippen LogP contribution in [0.4, 0.5) is 0 Å². The first kappa shape index (κ1) is 20.5. The molecule has 0 unspecified atom stereocenters. The first-order chi connectivity index (χ1) is 12.0. The Balaban J connectivity index is 0.000000970. The van der Waals surface area contributed by atoms with Crippen LogP contribution in [0.15, 0.2) is 60.5 Å². The number of methoxy groups -OCH3 is 2. The highest BCUT2D eigenvalue weighted by molar-refractivity contribution is 6.07. The van der Waals surface area contributed by atoms with Crippen LogP contribution < -0.4 is 0 Å². The third-order valence-electron chi connectivity index (χ3n) is 3.53. The number of Topliss-reactive ketones (excluding diaryl/α,β-unsaturated/α-hetero) is 1. The minimum atomic E-state index is 0.0739. The number of fused-ring (bicyclic) bond motifs is 1. The number of rotatable bonds is 5. The quantitative estimate of drug-likeness (QED) is 0.433. The zero-order valence-electron chi connectivity index (χ0n) is 15.9. The first-order valence-corrected chi connectivity index (χ1v) is 8.06. The molecule has 4 nitrogen and oxygen atoms in total. The van der Waals surface area contributed by atoms with Crippen LogP contribution in [0, 0.1) is 0 Å². The van der Waals surface area contributed by atoms with Crippen LogP contribution >= 0.6 is 0 Å². The summed E-state index contributed by atoms with van der Waals surface area (Å²) in [6, 6.07) is 7.93. The van der Waals surface area contributed by atoms with Crippen molar-refractivity contribution in [3.8, 4) is 0 Å². The fourth-order valence-electron chi connectivity index (χ4n) is 2.39. The predicted molar refractivity (Wildman–Crippen MR) is 105 cm³/mol. The van der Waals surface area contributed by atoms with E-state index in [1.807, 2.05) is 73.2 Å². The normalized spacial score (nSPS) is 12.2. The second kappa shape index (κ2) is 10.3. The van der Waals surface area contributed by atoms with E-state index in [0.717, 1.165) is 27.9 Å². The molecular formula is C21H27NO3. The predicted octanol–water partition coefficient (Wildman–Crippen LogP) is 5.07. The highest BCUT2D eigenvalue weighted by Gasteiger charge is 2.11. The molecule has 0 saturated heterocycles. The van der Waals surface area contributed by atoms with Gasteiger partial charge in [-0.05, 0) is 45.1 Å². The van der Waals surface area contributed by atoms with Crippen molar-refractivity contribution < 1.29 is 14.3 Å². The van der Waals surface area contributed by atoms with Crippen molar-refractivity contribution in [2.24, 2.45) is 0 Å². The molecule has 1 aromatic carbocycles. The van der Waals surface area contributed by atoms with Crippen molar-refractivity contribution in [2.75, 3.05) is 21.3 Å². The molecule has 2 aromatic rings. The van der Waals surface area contributed by atoms with Gasteiger partial charge in [0, 0.05) is 37.1 Å². The molecular weight excluding hydrogens is 314 g/mol. The van der Waals surface area contributed by atoms with Crippen molar-refractivity contribution in [3.63, 3.8) is 0 Å². The van der Waals surface area contributed by atoms with E-state index in [0.29, 0.717) is 0 Å². The van der Waals surface area contributed by atoms with Crippen LogP contribution in [0.2, 0.25) is 0 Å². The number of aromatic nitrogens is 1. The highest BCUT2D eigenvalue weighted by atomic mass is 16.5. The second-order valence-electron chi connectivity index (χ2n) is 5.48. The average molecular weight is 341 g/mol. The number of carbonyl (C=O) groups is 1. The monoisotopic (exact) mass is 341 g/mol. The number of ketones is 1. The fraction of sp³-hybridized carbons (Fsp3) is 0.286. The third-order valence-corrected chi connectivity index (χ3v) is 3.53. The number of nitrogens with zero attached hydrogens (tertiary/aromatic N) is 1. The molecule has 1 aromatic heterocycles. The van der Waals surface area contributed by atoms with Gasteiger partial charge in [0.1, 0.15) is 5.76 Å². The maximum absolute atomic E-state index is 11.8. The van der Waals surface area contributed by atoms with E-state index >= 15 is 0 Å². The van der Waals surface area contributed by atoms with Crippen molar-refractivity contribution in [1.29, 1.82) is 0 Å². The van der Waals surface area contributed by atoms with Gasteiger partial charge in [0.15, 0.2) is 5.78 Å². The molecule has 0 radical (unpaired) electrons. The van der Waals surface area contributed by atoms with Crippen molar-refractivity contribution >= 4 is 22.4 Å². The lowest BCUT2D eigenvalue weighted by Crippen LogP contribution is -1.92. The lowest BCUT2D eigenvalue weighted by atomic mass is 10.1. The molecule has 0 bridgehead atoms. The van der Waals surface area contributed by atoms with E-state index in [1.165, 1.54) is 0 Å². The van der Waals surface area contributed by atoms with Gasteiger partial charge < -0.3 is 14.0 Å². The van der Waals surface area contributed by atoms with Gasteiger partial charge in [-0.25, -0.2) is 0 Å². The van der Waals surface area contributed by atoms with Crippen LogP contribution in [0.1, 0.15) is 31.1 Å². The molecule has 0 atom stereocenters. The Morgan fingerprint density at radius 2 is 1.72 bits per heavy atom. The van der Waals surface area contributed by atoms with Crippen molar-refractivity contribution in [1.82, 2.24) is 4.57 Å². The van der Waals surface area contributed by atoms with E-state index in [2.05, 4.69) is 4.74 Å². The summed E-state index contributed by atoms with van der Waals surface area (Å²) < 4.78 is 11.6. The summed E-state index contributed by atoms with van der Waals surface area (Å²) >= 11 is 0. The number of ether oxygens (including phenoxy) is 2. The Kier molecular flexibility index (Phi) is 8.44. The van der Waals surface area contributed by atoms with Gasteiger partial charge >= 0.3 is 0 Å². The summed E-state index contributed by atoms with van der Waals surface area (Å²) in [6.45, 7) is 5.55. The zero-order chi connectivity index (χ0) is 18.8. The van der Waals surface area contributed by atoms with Gasteiger partial charge in [-0.3, -0.25) is 4.79 Å². The van der Waals surface area contributed by atoms with Gasteiger partial charge in [0.25, 0.3) is 0 Å². The number of benzene rings is 1. The van der Waals surface area contributed by atoms with Crippen LogP contribution in [0.3, 0.4) is 0 Å². The summed E-state index contributed by atoms with van der Waals surface area (Å²) in [5.74, 6) is 0.856. The van der Waals surface area contributed by atoms with E-state index < -0.39 is 0 Å². The standard InChI is InChI=1S/C19H21NO2.C2H6O/c1-5-8-16(22-4)12-11-14(2)20-13-18(15(3)21)17-9-6-7-10-19(17)20;1-3-2/h5-13H,1-4H3;1-2H3/b8-5-,14-11+,16-12+;. The molecule has 0 aliphatic heterocycles. The molecule has 25 heavy (non-hydrogen) atoms. The summed E-state index contributed by atoms with van der Waals surface area (Å²) in [5, 5.41) is 0.979. The van der Waals surface area contributed by atoms with E-state index in [-0.39, 0.29) is 5.78 Å². The Morgan fingerprint density at radius 3 is 2.28 bits per heavy atom. The Morgan fingerprint density at radius 1 is 1.08 bits per heavy atom. The van der Waals surface area contributed by atoms with Gasteiger partial charge in [0.05, 0.1) is 12.6 Å². The average Bonchev–Trinajstić information content (AvgIpc) is 2.99. The van der Waals surface area contributed by atoms with E-state index in [9.17, 15) is 4.79 Å².